The lowest BCUT2D eigenvalue weighted by molar-refractivity contribution is 0.0546. The molecule has 0 spiro atoms. The summed E-state index contributed by atoms with van der Waals surface area (Å²) in [5, 5.41) is 3.39. The van der Waals surface area contributed by atoms with E-state index < -0.39 is 0 Å². The summed E-state index contributed by atoms with van der Waals surface area (Å²) in [6, 6.07) is 5.17. The average molecular weight is 267 g/mol. The number of halogens is 1. The van der Waals surface area contributed by atoms with Gasteiger partial charge < -0.3 is 14.8 Å². The second-order valence-electron chi connectivity index (χ2n) is 5.17. The molecule has 0 aliphatic carbocycles. The first-order valence-corrected chi connectivity index (χ1v) is 6.82. The minimum Gasteiger partial charge on any atom is -0.494 e. The highest BCUT2D eigenvalue weighted by Gasteiger charge is 2.22. The van der Waals surface area contributed by atoms with Crippen LogP contribution in [0.5, 0.6) is 5.75 Å². The maximum atomic E-state index is 13.6. The Balaban J connectivity index is 1.89. The zero-order valence-electron chi connectivity index (χ0n) is 11.8. The lowest BCUT2D eigenvalue weighted by Gasteiger charge is -2.18. The number of rotatable bonds is 5. The van der Waals surface area contributed by atoms with Crippen LogP contribution in [0.4, 0.5) is 4.39 Å². The third kappa shape index (κ3) is 3.67. The van der Waals surface area contributed by atoms with Gasteiger partial charge in [0.05, 0.1) is 19.3 Å². The van der Waals surface area contributed by atoms with Gasteiger partial charge in [0.15, 0.2) is 11.6 Å². The predicted octanol–water partition coefficient (Wildman–Crippen LogP) is 3.05. The van der Waals surface area contributed by atoms with Crippen LogP contribution in [-0.4, -0.2) is 25.9 Å². The van der Waals surface area contributed by atoms with E-state index in [1.54, 1.807) is 6.07 Å². The number of ether oxygens (including phenoxy) is 2. The molecule has 1 N–H and O–H groups in total. The van der Waals surface area contributed by atoms with Gasteiger partial charge in [0, 0.05) is 12.6 Å². The van der Waals surface area contributed by atoms with Crippen molar-refractivity contribution < 1.29 is 13.9 Å². The highest BCUT2D eigenvalue weighted by atomic mass is 19.1. The molecule has 0 radical (unpaired) electrons. The summed E-state index contributed by atoms with van der Waals surface area (Å²) in [5.41, 5.74) is 0.921. The van der Waals surface area contributed by atoms with Crippen LogP contribution in [0.15, 0.2) is 18.2 Å². The van der Waals surface area contributed by atoms with Crippen molar-refractivity contribution in [1.82, 2.24) is 5.32 Å². The Hall–Kier alpha value is -1.13. The van der Waals surface area contributed by atoms with Crippen molar-refractivity contribution >= 4 is 0 Å². The van der Waals surface area contributed by atoms with Gasteiger partial charge in [0.1, 0.15) is 0 Å². The SMILES string of the molecule is COc1ccc(C(C)NCC2CCC(C)O2)cc1F. The maximum Gasteiger partial charge on any atom is 0.165 e. The summed E-state index contributed by atoms with van der Waals surface area (Å²) in [5.74, 6) is -0.0386. The molecule has 0 aromatic heterocycles. The molecule has 4 heteroatoms. The minimum absolute atomic E-state index is 0.0971. The molecular weight excluding hydrogens is 245 g/mol. The summed E-state index contributed by atoms with van der Waals surface area (Å²) in [4.78, 5) is 0. The van der Waals surface area contributed by atoms with Gasteiger partial charge in [-0.15, -0.1) is 0 Å². The van der Waals surface area contributed by atoms with Crippen LogP contribution in [0.25, 0.3) is 0 Å². The molecule has 1 saturated heterocycles. The van der Waals surface area contributed by atoms with E-state index in [1.165, 1.54) is 13.2 Å². The van der Waals surface area contributed by atoms with Crippen molar-refractivity contribution in [2.45, 2.75) is 44.9 Å². The second-order valence-corrected chi connectivity index (χ2v) is 5.17. The molecule has 0 amide bonds. The van der Waals surface area contributed by atoms with Crippen LogP contribution in [0.3, 0.4) is 0 Å². The Labute approximate surface area is 114 Å². The van der Waals surface area contributed by atoms with Crippen LogP contribution >= 0.6 is 0 Å². The quantitative estimate of drug-likeness (QED) is 0.889. The molecule has 1 aliphatic heterocycles. The number of nitrogens with one attached hydrogen (secondary N) is 1. The molecular formula is C15H22FNO2. The lowest BCUT2D eigenvalue weighted by Crippen LogP contribution is -2.29. The second kappa shape index (κ2) is 6.35. The van der Waals surface area contributed by atoms with E-state index in [2.05, 4.69) is 12.2 Å². The minimum atomic E-state index is -0.320. The molecule has 1 fully saturated rings. The number of benzene rings is 1. The fourth-order valence-corrected chi connectivity index (χ4v) is 2.41. The van der Waals surface area contributed by atoms with Gasteiger partial charge in [-0.3, -0.25) is 0 Å². The first-order chi connectivity index (χ1) is 9.10. The van der Waals surface area contributed by atoms with E-state index in [4.69, 9.17) is 9.47 Å². The Morgan fingerprint density at radius 3 is 2.84 bits per heavy atom. The molecule has 3 nitrogen and oxygen atoms in total. The Kier molecular flexibility index (Phi) is 4.77. The van der Waals surface area contributed by atoms with Gasteiger partial charge in [-0.2, -0.15) is 0 Å². The van der Waals surface area contributed by atoms with Crippen LogP contribution < -0.4 is 10.1 Å². The van der Waals surface area contributed by atoms with Gasteiger partial charge in [-0.05, 0) is 44.4 Å². The van der Waals surface area contributed by atoms with Gasteiger partial charge >= 0.3 is 0 Å². The molecule has 1 heterocycles. The van der Waals surface area contributed by atoms with Gasteiger partial charge in [-0.25, -0.2) is 4.39 Å². The first kappa shape index (κ1) is 14.3. The van der Waals surface area contributed by atoms with E-state index in [-0.39, 0.29) is 23.7 Å². The summed E-state index contributed by atoms with van der Waals surface area (Å²) in [6.45, 7) is 4.93. The Morgan fingerprint density at radius 2 is 2.26 bits per heavy atom. The Morgan fingerprint density at radius 1 is 1.47 bits per heavy atom. The normalized spacial score (nSPS) is 24.4. The van der Waals surface area contributed by atoms with Crippen molar-refractivity contribution in [3.8, 4) is 5.75 Å². The standard InChI is InChI=1S/C15H22FNO2/c1-10-4-6-13(19-10)9-17-11(2)12-5-7-15(18-3)14(16)8-12/h5,7-8,10-11,13,17H,4,6,9H2,1-3H3. The zero-order chi connectivity index (χ0) is 13.8. The largest absolute Gasteiger partial charge is 0.494 e. The molecule has 1 aromatic carbocycles. The van der Waals surface area contributed by atoms with E-state index in [0.29, 0.717) is 6.10 Å². The van der Waals surface area contributed by atoms with E-state index >= 15 is 0 Å². The lowest BCUT2D eigenvalue weighted by atomic mass is 10.1. The van der Waals surface area contributed by atoms with Crippen molar-refractivity contribution in [3.63, 3.8) is 0 Å². The third-order valence-corrected chi connectivity index (χ3v) is 3.65. The van der Waals surface area contributed by atoms with Crippen LogP contribution in [-0.2, 0) is 4.74 Å². The van der Waals surface area contributed by atoms with E-state index in [1.807, 2.05) is 13.0 Å². The van der Waals surface area contributed by atoms with Crippen molar-refractivity contribution in [2.24, 2.45) is 0 Å². The number of hydrogen-bond donors (Lipinski definition) is 1. The van der Waals surface area contributed by atoms with E-state index in [9.17, 15) is 4.39 Å². The fourth-order valence-electron chi connectivity index (χ4n) is 2.41. The van der Waals surface area contributed by atoms with Crippen LogP contribution in [0.2, 0.25) is 0 Å². The molecule has 1 aromatic rings. The van der Waals surface area contributed by atoms with Crippen molar-refractivity contribution in [1.29, 1.82) is 0 Å². The molecule has 0 saturated carbocycles. The maximum absolute atomic E-state index is 13.6. The summed E-state index contributed by atoms with van der Waals surface area (Å²) < 4.78 is 24.3. The smallest absolute Gasteiger partial charge is 0.165 e. The van der Waals surface area contributed by atoms with Crippen LogP contribution in [0.1, 0.15) is 38.3 Å². The molecule has 106 valence electrons. The van der Waals surface area contributed by atoms with Crippen molar-refractivity contribution in [2.75, 3.05) is 13.7 Å². The fraction of sp³-hybridized carbons (Fsp3) is 0.600. The number of methoxy groups -OCH3 is 1. The summed E-state index contributed by atoms with van der Waals surface area (Å²) in [7, 11) is 1.47. The third-order valence-electron chi connectivity index (χ3n) is 3.65. The van der Waals surface area contributed by atoms with Crippen molar-refractivity contribution in [3.05, 3.63) is 29.6 Å². The average Bonchev–Trinajstić information content (AvgIpc) is 2.81. The summed E-state index contributed by atoms with van der Waals surface area (Å²) >= 11 is 0. The van der Waals surface area contributed by atoms with Gasteiger partial charge in [0.2, 0.25) is 0 Å². The van der Waals surface area contributed by atoms with Crippen LogP contribution in [0, 0.1) is 5.82 Å². The summed E-state index contributed by atoms with van der Waals surface area (Å²) in [6.07, 6.45) is 2.86. The highest BCUT2D eigenvalue weighted by molar-refractivity contribution is 5.30. The highest BCUT2D eigenvalue weighted by Crippen LogP contribution is 2.23. The molecule has 3 unspecified atom stereocenters. The predicted molar refractivity (Wildman–Crippen MR) is 72.9 cm³/mol. The van der Waals surface area contributed by atoms with Gasteiger partial charge in [-0.1, -0.05) is 6.07 Å². The first-order valence-electron chi connectivity index (χ1n) is 6.82. The molecule has 0 bridgehead atoms. The molecule has 3 atom stereocenters. The van der Waals surface area contributed by atoms with Gasteiger partial charge in [0.25, 0.3) is 0 Å². The molecule has 2 rings (SSSR count). The zero-order valence-corrected chi connectivity index (χ0v) is 11.8. The topological polar surface area (TPSA) is 30.5 Å². The molecule has 1 aliphatic rings. The number of hydrogen-bond acceptors (Lipinski definition) is 3. The monoisotopic (exact) mass is 267 g/mol. The Bertz CT molecular complexity index is 425. The molecule has 19 heavy (non-hydrogen) atoms. The van der Waals surface area contributed by atoms with E-state index in [0.717, 1.165) is 24.9 Å².